The van der Waals surface area contributed by atoms with E-state index in [2.05, 4.69) is 36.8 Å². The first-order chi connectivity index (χ1) is 10.6. The van der Waals surface area contributed by atoms with Gasteiger partial charge < -0.3 is 9.80 Å². The van der Waals surface area contributed by atoms with Gasteiger partial charge in [-0.25, -0.2) is 0 Å². The van der Waals surface area contributed by atoms with Gasteiger partial charge in [0, 0.05) is 50.7 Å². The molecule has 2 heterocycles. The van der Waals surface area contributed by atoms with Crippen molar-refractivity contribution in [2.45, 2.75) is 33.2 Å². The predicted octanol–water partition coefficient (Wildman–Crippen LogP) is 2.76. The van der Waals surface area contributed by atoms with E-state index in [9.17, 15) is 4.79 Å². The van der Waals surface area contributed by atoms with Gasteiger partial charge in [0.25, 0.3) is 5.91 Å². The Bertz CT molecular complexity index is 466. The molecule has 1 saturated heterocycles. The highest BCUT2D eigenvalue weighted by Gasteiger charge is 2.18. The van der Waals surface area contributed by atoms with Crippen LogP contribution in [0.15, 0.2) is 12.1 Å². The lowest BCUT2D eigenvalue weighted by molar-refractivity contribution is 0.0767. The molecule has 2 rings (SSSR count). The van der Waals surface area contributed by atoms with Gasteiger partial charge in [0.1, 0.15) is 0 Å². The molecule has 0 N–H and O–H groups in total. The number of hydrogen-bond donors (Lipinski definition) is 0. The molecule has 0 radical (unpaired) electrons. The zero-order valence-electron chi connectivity index (χ0n) is 14.2. The Labute approximate surface area is 138 Å². The topological polar surface area (TPSA) is 26.8 Å². The van der Waals surface area contributed by atoms with E-state index in [0.717, 1.165) is 63.5 Å². The quantitative estimate of drug-likeness (QED) is 0.772. The van der Waals surface area contributed by atoms with Crippen molar-refractivity contribution in [3.05, 3.63) is 21.9 Å². The molecule has 0 unspecified atom stereocenters. The molecule has 0 aliphatic carbocycles. The molecule has 1 aliphatic rings. The van der Waals surface area contributed by atoms with Crippen LogP contribution in [-0.2, 0) is 6.54 Å². The van der Waals surface area contributed by atoms with E-state index in [1.54, 1.807) is 11.3 Å². The third-order valence-corrected chi connectivity index (χ3v) is 5.36. The lowest BCUT2D eigenvalue weighted by Gasteiger charge is -2.31. The molecule has 0 aromatic carbocycles. The summed E-state index contributed by atoms with van der Waals surface area (Å²) in [6.07, 6.45) is 2.21. The number of carbonyl (C=O) groups excluding carboxylic acids is 1. The van der Waals surface area contributed by atoms with Gasteiger partial charge in [-0.1, -0.05) is 13.3 Å². The summed E-state index contributed by atoms with van der Waals surface area (Å²) >= 11 is 1.67. The van der Waals surface area contributed by atoms with E-state index >= 15 is 0 Å². The highest BCUT2D eigenvalue weighted by atomic mass is 32.1. The first-order valence-corrected chi connectivity index (χ1v) is 9.24. The second-order valence-electron chi connectivity index (χ2n) is 6.08. The number of hydrogen-bond acceptors (Lipinski definition) is 4. The van der Waals surface area contributed by atoms with Crippen LogP contribution in [0.25, 0.3) is 0 Å². The van der Waals surface area contributed by atoms with Crippen molar-refractivity contribution in [1.82, 2.24) is 14.7 Å². The van der Waals surface area contributed by atoms with Crippen molar-refractivity contribution >= 4 is 17.2 Å². The van der Waals surface area contributed by atoms with Crippen LogP contribution in [0.5, 0.6) is 0 Å². The average Bonchev–Trinajstić information content (AvgIpc) is 2.98. The van der Waals surface area contributed by atoms with Crippen LogP contribution in [0.4, 0.5) is 0 Å². The number of thiophene rings is 1. The van der Waals surface area contributed by atoms with Crippen molar-refractivity contribution in [1.29, 1.82) is 0 Å². The van der Waals surface area contributed by atoms with E-state index in [1.807, 2.05) is 11.0 Å². The maximum Gasteiger partial charge on any atom is 0.263 e. The third kappa shape index (κ3) is 4.80. The van der Waals surface area contributed by atoms with E-state index in [1.165, 1.54) is 4.88 Å². The highest BCUT2D eigenvalue weighted by molar-refractivity contribution is 7.14. The number of nitrogens with zero attached hydrogens (tertiary/aromatic N) is 3. The van der Waals surface area contributed by atoms with Gasteiger partial charge in [-0.2, -0.15) is 0 Å². The summed E-state index contributed by atoms with van der Waals surface area (Å²) in [6.45, 7) is 11.4. The van der Waals surface area contributed by atoms with Crippen LogP contribution in [0.2, 0.25) is 0 Å². The van der Waals surface area contributed by atoms with Crippen molar-refractivity contribution in [3.63, 3.8) is 0 Å². The molecule has 1 aromatic heterocycles. The number of rotatable bonds is 7. The van der Waals surface area contributed by atoms with Crippen LogP contribution in [0.1, 0.15) is 41.2 Å². The maximum absolute atomic E-state index is 12.5. The Morgan fingerprint density at radius 3 is 2.59 bits per heavy atom. The minimum absolute atomic E-state index is 0.200. The maximum atomic E-state index is 12.5. The standard InChI is InChI=1S/C17H29N3OS/c1-4-6-9-20(5-2)17(21)16-8-7-15(22-16)14-19-12-10-18(3)11-13-19/h7-8H,4-6,9-14H2,1-3H3. The van der Waals surface area contributed by atoms with Crippen molar-refractivity contribution in [2.24, 2.45) is 0 Å². The molecule has 124 valence electrons. The Kier molecular flexibility index (Phi) is 6.86. The highest BCUT2D eigenvalue weighted by Crippen LogP contribution is 2.21. The number of unbranched alkanes of at least 4 members (excludes halogenated alkanes) is 1. The number of amides is 1. The van der Waals surface area contributed by atoms with Gasteiger partial charge in [0.2, 0.25) is 0 Å². The molecule has 5 heteroatoms. The normalized spacial score (nSPS) is 16.9. The van der Waals surface area contributed by atoms with Gasteiger partial charge in [-0.05, 0) is 32.5 Å². The Morgan fingerprint density at radius 1 is 1.23 bits per heavy atom. The smallest absolute Gasteiger partial charge is 0.263 e. The molecular weight excluding hydrogens is 294 g/mol. The molecule has 1 aromatic rings. The summed E-state index contributed by atoms with van der Waals surface area (Å²) in [4.78, 5) is 21.6. The van der Waals surface area contributed by atoms with Gasteiger partial charge >= 0.3 is 0 Å². The van der Waals surface area contributed by atoms with Crippen LogP contribution >= 0.6 is 11.3 Å². The zero-order valence-corrected chi connectivity index (χ0v) is 15.0. The van der Waals surface area contributed by atoms with Crippen molar-refractivity contribution in [3.8, 4) is 0 Å². The number of carbonyl (C=O) groups is 1. The summed E-state index contributed by atoms with van der Waals surface area (Å²) in [5, 5.41) is 0. The fourth-order valence-corrected chi connectivity index (χ4v) is 3.73. The molecule has 0 saturated carbocycles. The lowest BCUT2D eigenvalue weighted by atomic mass is 10.3. The zero-order chi connectivity index (χ0) is 15.9. The first-order valence-electron chi connectivity index (χ1n) is 8.43. The Hall–Kier alpha value is -0.910. The molecule has 4 nitrogen and oxygen atoms in total. The molecule has 0 bridgehead atoms. The summed E-state index contributed by atoms with van der Waals surface area (Å²) in [5.41, 5.74) is 0. The van der Waals surface area contributed by atoms with Crippen LogP contribution in [-0.4, -0.2) is 66.9 Å². The van der Waals surface area contributed by atoms with Crippen molar-refractivity contribution in [2.75, 3.05) is 46.3 Å². The van der Waals surface area contributed by atoms with Gasteiger partial charge in [0.05, 0.1) is 4.88 Å². The van der Waals surface area contributed by atoms with E-state index < -0.39 is 0 Å². The van der Waals surface area contributed by atoms with Gasteiger partial charge in [0.15, 0.2) is 0 Å². The fourth-order valence-electron chi connectivity index (χ4n) is 2.71. The SMILES string of the molecule is CCCCN(CC)C(=O)c1ccc(CN2CCN(C)CC2)s1. The fraction of sp³-hybridized carbons (Fsp3) is 0.706. The minimum Gasteiger partial charge on any atom is -0.338 e. The number of piperazine rings is 1. The molecule has 1 fully saturated rings. The molecular formula is C17H29N3OS. The van der Waals surface area contributed by atoms with Crippen LogP contribution < -0.4 is 0 Å². The monoisotopic (exact) mass is 323 g/mol. The lowest BCUT2D eigenvalue weighted by Crippen LogP contribution is -2.43. The molecule has 1 aliphatic heterocycles. The summed E-state index contributed by atoms with van der Waals surface area (Å²) in [5.74, 6) is 0.200. The second-order valence-corrected chi connectivity index (χ2v) is 7.25. The first kappa shape index (κ1) is 17.4. The number of likely N-dealkylation sites (N-methyl/N-ethyl adjacent to an activating group) is 1. The molecule has 0 spiro atoms. The largest absolute Gasteiger partial charge is 0.338 e. The van der Waals surface area contributed by atoms with Crippen LogP contribution in [0.3, 0.4) is 0 Å². The summed E-state index contributed by atoms with van der Waals surface area (Å²) in [7, 11) is 2.18. The molecule has 0 atom stereocenters. The van der Waals surface area contributed by atoms with E-state index in [0.29, 0.717) is 0 Å². The summed E-state index contributed by atoms with van der Waals surface area (Å²) in [6, 6.07) is 4.14. The predicted molar refractivity (Wildman–Crippen MR) is 93.6 cm³/mol. The summed E-state index contributed by atoms with van der Waals surface area (Å²) < 4.78 is 0. The van der Waals surface area contributed by atoms with E-state index in [-0.39, 0.29) is 5.91 Å². The molecule has 1 amide bonds. The van der Waals surface area contributed by atoms with Crippen molar-refractivity contribution < 1.29 is 4.79 Å². The average molecular weight is 324 g/mol. The Balaban J connectivity index is 1.91. The van der Waals surface area contributed by atoms with Gasteiger partial charge in [-0.3, -0.25) is 9.69 Å². The third-order valence-electron chi connectivity index (χ3n) is 4.30. The van der Waals surface area contributed by atoms with Gasteiger partial charge in [-0.15, -0.1) is 11.3 Å². The second kappa shape index (κ2) is 8.65. The Morgan fingerprint density at radius 2 is 1.95 bits per heavy atom. The molecule has 22 heavy (non-hydrogen) atoms. The van der Waals surface area contributed by atoms with E-state index in [4.69, 9.17) is 0 Å². The van der Waals surface area contributed by atoms with Crippen LogP contribution in [0, 0.1) is 0 Å². The minimum atomic E-state index is 0.200.